The van der Waals surface area contributed by atoms with Gasteiger partial charge in [0.15, 0.2) is 0 Å². The van der Waals surface area contributed by atoms with Gasteiger partial charge >= 0.3 is 6.18 Å². The van der Waals surface area contributed by atoms with E-state index >= 15 is 0 Å². The van der Waals surface area contributed by atoms with Crippen LogP contribution in [-0.4, -0.2) is 19.1 Å². The van der Waals surface area contributed by atoms with E-state index in [1.54, 1.807) is 0 Å². The van der Waals surface area contributed by atoms with Gasteiger partial charge in [0.2, 0.25) is 5.91 Å². The van der Waals surface area contributed by atoms with Crippen LogP contribution in [0.5, 0.6) is 5.75 Å². The summed E-state index contributed by atoms with van der Waals surface area (Å²) in [6.45, 7) is 0.349. The van der Waals surface area contributed by atoms with Gasteiger partial charge in [-0.1, -0.05) is 36.4 Å². The lowest BCUT2D eigenvalue weighted by Crippen LogP contribution is -2.28. The number of hydrogen-bond acceptors (Lipinski definition) is 2. The highest BCUT2D eigenvalue weighted by molar-refractivity contribution is 5.76. The minimum absolute atomic E-state index is 0.110. The zero-order chi connectivity index (χ0) is 17.4. The van der Waals surface area contributed by atoms with Gasteiger partial charge in [0.1, 0.15) is 12.4 Å². The number of benzene rings is 2. The number of nitrogens with one attached hydrogen (secondary N) is 1. The molecule has 2 aromatic rings. The van der Waals surface area contributed by atoms with E-state index in [9.17, 15) is 18.0 Å². The third-order valence-electron chi connectivity index (χ3n) is 3.34. The maximum absolute atomic E-state index is 12.6. The Kier molecular flexibility index (Phi) is 6.23. The van der Waals surface area contributed by atoms with Crippen LogP contribution in [0.25, 0.3) is 0 Å². The zero-order valence-corrected chi connectivity index (χ0v) is 13.0. The predicted octanol–water partition coefficient (Wildman–Crippen LogP) is 3.83. The summed E-state index contributed by atoms with van der Waals surface area (Å²) < 4.78 is 43.0. The summed E-state index contributed by atoms with van der Waals surface area (Å²) in [5.74, 6) is 0.00912. The highest BCUT2D eigenvalue weighted by Gasteiger charge is 2.30. The third kappa shape index (κ3) is 5.95. The molecule has 128 valence electrons. The Balaban J connectivity index is 1.68. The van der Waals surface area contributed by atoms with Crippen molar-refractivity contribution in [2.24, 2.45) is 0 Å². The second-order valence-electron chi connectivity index (χ2n) is 5.21. The quantitative estimate of drug-likeness (QED) is 0.780. The van der Waals surface area contributed by atoms with Crippen LogP contribution in [0, 0.1) is 0 Å². The molecule has 0 heterocycles. The molecule has 2 aromatic carbocycles. The first-order valence-corrected chi connectivity index (χ1v) is 7.56. The number of carbonyl (C=O) groups excluding carboxylic acids is 1. The van der Waals surface area contributed by atoms with Gasteiger partial charge in [-0.15, -0.1) is 0 Å². The molecule has 0 saturated carbocycles. The van der Waals surface area contributed by atoms with Crippen molar-refractivity contribution in [2.45, 2.75) is 19.0 Å². The Bertz CT molecular complexity index is 657. The van der Waals surface area contributed by atoms with Crippen LogP contribution in [0.3, 0.4) is 0 Å². The van der Waals surface area contributed by atoms with Gasteiger partial charge in [0.25, 0.3) is 0 Å². The summed E-state index contributed by atoms with van der Waals surface area (Å²) in [4.78, 5) is 11.7. The molecule has 0 aliphatic carbocycles. The molecule has 0 unspecified atom stereocenters. The van der Waals surface area contributed by atoms with E-state index < -0.39 is 11.7 Å². The SMILES string of the molecule is O=C(CCc1ccccc1)NCCOc1cccc(C(F)(F)F)c1. The molecule has 0 aromatic heterocycles. The van der Waals surface area contributed by atoms with Gasteiger partial charge in [-0.3, -0.25) is 4.79 Å². The fourth-order valence-corrected chi connectivity index (χ4v) is 2.11. The smallest absolute Gasteiger partial charge is 0.416 e. The fraction of sp³-hybridized carbons (Fsp3) is 0.278. The normalized spacial score (nSPS) is 11.1. The maximum atomic E-state index is 12.6. The average Bonchev–Trinajstić information content (AvgIpc) is 2.57. The molecule has 0 aliphatic rings. The topological polar surface area (TPSA) is 38.3 Å². The molecule has 0 bridgehead atoms. The number of amides is 1. The second-order valence-corrected chi connectivity index (χ2v) is 5.21. The van der Waals surface area contributed by atoms with Crippen molar-refractivity contribution in [1.82, 2.24) is 5.32 Å². The minimum Gasteiger partial charge on any atom is -0.492 e. The molecular formula is C18H18F3NO2. The summed E-state index contributed by atoms with van der Waals surface area (Å²) in [6.07, 6.45) is -3.40. The van der Waals surface area contributed by atoms with Gasteiger partial charge in [-0.25, -0.2) is 0 Å². The molecule has 24 heavy (non-hydrogen) atoms. The zero-order valence-electron chi connectivity index (χ0n) is 13.0. The first-order chi connectivity index (χ1) is 11.4. The first-order valence-electron chi connectivity index (χ1n) is 7.56. The lowest BCUT2D eigenvalue weighted by atomic mass is 10.1. The molecule has 1 amide bonds. The number of carbonyl (C=O) groups is 1. The monoisotopic (exact) mass is 337 g/mol. The molecular weight excluding hydrogens is 319 g/mol. The summed E-state index contributed by atoms with van der Waals surface area (Å²) >= 11 is 0. The molecule has 0 fully saturated rings. The standard InChI is InChI=1S/C18H18F3NO2/c19-18(20,21)15-7-4-8-16(13-15)24-12-11-22-17(23)10-9-14-5-2-1-3-6-14/h1-8,13H,9-12H2,(H,22,23). The van der Waals surface area contributed by atoms with Crippen LogP contribution in [0.15, 0.2) is 54.6 Å². The Morgan fingerprint density at radius 3 is 2.50 bits per heavy atom. The molecule has 6 heteroatoms. The van der Waals surface area contributed by atoms with Crippen molar-refractivity contribution < 1.29 is 22.7 Å². The van der Waals surface area contributed by atoms with E-state index in [1.165, 1.54) is 12.1 Å². The van der Waals surface area contributed by atoms with Crippen molar-refractivity contribution in [3.05, 3.63) is 65.7 Å². The molecule has 0 radical (unpaired) electrons. The molecule has 0 atom stereocenters. The van der Waals surface area contributed by atoms with Gasteiger partial charge in [-0.2, -0.15) is 13.2 Å². The van der Waals surface area contributed by atoms with Gasteiger partial charge in [0.05, 0.1) is 12.1 Å². The highest BCUT2D eigenvalue weighted by atomic mass is 19.4. The Morgan fingerprint density at radius 1 is 1.04 bits per heavy atom. The van der Waals surface area contributed by atoms with E-state index in [1.807, 2.05) is 30.3 Å². The Labute approximate surface area is 138 Å². The van der Waals surface area contributed by atoms with E-state index in [0.29, 0.717) is 12.8 Å². The van der Waals surface area contributed by atoms with Gasteiger partial charge < -0.3 is 10.1 Å². The number of hydrogen-bond donors (Lipinski definition) is 1. The van der Waals surface area contributed by atoms with Crippen LogP contribution in [0.4, 0.5) is 13.2 Å². The number of halogens is 3. The number of alkyl halides is 3. The van der Waals surface area contributed by atoms with Crippen LogP contribution in [0.1, 0.15) is 17.5 Å². The summed E-state index contributed by atoms with van der Waals surface area (Å²) in [5, 5.41) is 2.68. The van der Waals surface area contributed by atoms with Gasteiger partial charge in [-0.05, 0) is 30.2 Å². The van der Waals surface area contributed by atoms with Crippen LogP contribution in [0.2, 0.25) is 0 Å². The van der Waals surface area contributed by atoms with Crippen LogP contribution < -0.4 is 10.1 Å². The van der Waals surface area contributed by atoms with E-state index in [4.69, 9.17) is 4.74 Å². The molecule has 2 rings (SSSR count). The second kappa shape index (κ2) is 8.38. The molecule has 0 spiro atoms. The molecule has 0 aliphatic heterocycles. The Hall–Kier alpha value is -2.50. The van der Waals surface area contributed by atoms with Crippen molar-refractivity contribution >= 4 is 5.91 Å². The van der Waals surface area contributed by atoms with Crippen LogP contribution in [-0.2, 0) is 17.4 Å². The first kappa shape index (κ1) is 17.8. The molecule has 1 N–H and O–H groups in total. The maximum Gasteiger partial charge on any atom is 0.416 e. The summed E-state index contributed by atoms with van der Waals surface area (Å²) in [6, 6.07) is 14.3. The van der Waals surface area contributed by atoms with Crippen LogP contribution >= 0.6 is 0 Å². The van der Waals surface area contributed by atoms with E-state index in [2.05, 4.69) is 5.32 Å². The van der Waals surface area contributed by atoms with Crippen molar-refractivity contribution in [1.29, 1.82) is 0 Å². The minimum atomic E-state index is -4.40. The Morgan fingerprint density at radius 2 is 1.79 bits per heavy atom. The van der Waals surface area contributed by atoms with Gasteiger partial charge in [0, 0.05) is 6.42 Å². The highest BCUT2D eigenvalue weighted by Crippen LogP contribution is 2.31. The summed E-state index contributed by atoms with van der Waals surface area (Å²) in [5.41, 5.74) is 0.319. The largest absolute Gasteiger partial charge is 0.492 e. The van der Waals surface area contributed by atoms with Crippen molar-refractivity contribution in [2.75, 3.05) is 13.2 Å². The number of aryl methyl sites for hydroxylation is 1. The average molecular weight is 337 g/mol. The summed E-state index contributed by atoms with van der Waals surface area (Å²) in [7, 11) is 0. The molecule has 3 nitrogen and oxygen atoms in total. The predicted molar refractivity (Wildman–Crippen MR) is 84.7 cm³/mol. The van der Waals surface area contributed by atoms with E-state index in [0.717, 1.165) is 17.7 Å². The lowest BCUT2D eigenvalue weighted by molar-refractivity contribution is -0.137. The third-order valence-corrected chi connectivity index (χ3v) is 3.34. The number of ether oxygens (including phenoxy) is 1. The fourth-order valence-electron chi connectivity index (χ4n) is 2.11. The molecule has 0 saturated heterocycles. The lowest BCUT2D eigenvalue weighted by Gasteiger charge is -2.10. The number of rotatable bonds is 7. The van der Waals surface area contributed by atoms with Crippen molar-refractivity contribution in [3.63, 3.8) is 0 Å². The van der Waals surface area contributed by atoms with Crippen molar-refractivity contribution in [3.8, 4) is 5.75 Å². The van der Waals surface area contributed by atoms with E-state index in [-0.39, 0.29) is 24.8 Å².